The van der Waals surface area contributed by atoms with E-state index < -0.39 is 11.6 Å². The highest BCUT2D eigenvalue weighted by Gasteiger charge is 2.11. The fraction of sp³-hybridized carbons (Fsp3) is 0.263. The quantitative estimate of drug-likeness (QED) is 0.255. The van der Waals surface area contributed by atoms with E-state index in [2.05, 4.69) is 5.32 Å². The molecule has 2 aromatic rings. The zero-order chi connectivity index (χ0) is 20.0. The van der Waals surface area contributed by atoms with Crippen molar-refractivity contribution in [3.05, 3.63) is 51.1 Å². The van der Waals surface area contributed by atoms with Gasteiger partial charge >= 0.3 is 0 Å². The largest absolute Gasteiger partial charge is 0.493 e. The van der Waals surface area contributed by atoms with Crippen LogP contribution in [0.25, 0.3) is 0 Å². The van der Waals surface area contributed by atoms with Crippen LogP contribution in [0.2, 0.25) is 0 Å². The summed E-state index contributed by atoms with van der Waals surface area (Å²) >= 11 is 1.56. The molecule has 5 nitrogen and oxygen atoms in total. The Morgan fingerprint density at radius 3 is 2.37 bits per heavy atom. The first kappa shape index (κ1) is 21.1. The molecule has 0 spiro atoms. The van der Waals surface area contributed by atoms with Crippen molar-refractivity contribution >= 4 is 40.0 Å². The highest BCUT2D eigenvalue weighted by molar-refractivity contribution is 14.1. The van der Waals surface area contributed by atoms with Gasteiger partial charge < -0.3 is 14.8 Å². The van der Waals surface area contributed by atoms with Gasteiger partial charge in [-0.05, 0) is 66.3 Å². The molecule has 0 atom stereocenters. The number of carbonyl (C=O) groups excluding carboxylic acids is 2. The molecule has 0 unspecified atom stereocenters. The van der Waals surface area contributed by atoms with Crippen molar-refractivity contribution in [2.24, 2.45) is 0 Å². The number of benzene rings is 2. The normalized spacial score (nSPS) is 10.4. The van der Waals surface area contributed by atoms with Gasteiger partial charge in [-0.1, -0.05) is 0 Å². The van der Waals surface area contributed by atoms with E-state index in [0.717, 1.165) is 12.1 Å². The molecule has 144 valence electrons. The molecule has 2 rings (SSSR count). The Kier molecular flexibility index (Phi) is 7.52. The molecule has 8 heteroatoms. The van der Waals surface area contributed by atoms with E-state index in [1.54, 1.807) is 40.8 Å². The number of carbonyl (C=O) groups is 2. The van der Waals surface area contributed by atoms with Crippen LogP contribution in [0.5, 0.6) is 11.5 Å². The number of hydrogen-bond donors (Lipinski definition) is 1. The third-order valence-corrected chi connectivity index (χ3v) is 4.67. The summed E-state index contributed by atoms with van der Waals surface area (Å²) in [5, 5.41) is 2.45. The lowest BCUT2D eigenvalue weighted by atomic mass is 10.1. The summed E-state index contributed by atoms with van der Waals surface area (Å²) in [6.45, 7) is 1.69. The van der Waals surface area contributed by atoms with Crippen LogP contribution < -0.4 is 14.8 Å². The Hall–Kier alpha value is -2.23. The molecular weight excluding hydrogens is 471 g/mol. The van der Waals surface area contributed by atoms with Gasteiger partial charge in [0.15, 0.2) is 17.3 Å². The number of rotatable bonds is 8. The summed E-state index contributed by atoms with van der Waals surface area (Å²) < 4.78 is 37.6. The maximum atomic E-state index is 13.5. The predicted molar refractivity (Wildman–Crippen MR) is 105 cm³/mol. The van der Waals surface area contributed by atoms with Crippen molar-refractivity contribution in [3.8, 4) is 11.5 Å². The number of nitrogens with one attached hydrogen (secondary N) is 1. The van der Waals surface area contributed by atoms with Gasteiger partial charge in [-0.15, -0.1) is 0 Å². The van der Waals surface area contributed by atoms with Crippen LogP contribution in [0, 0.1) is 15.2 Å². The Morgan fingerprint density at radius 2 is 1.78 bits per heavy atom. The molecule has 0 aliphatic rings. The molecule has 1 N–H and O–H groups in total. The first-order valence-corrected chi connectivity index (χ1v) is 9.16. The molecule has 0 radical (unpaired) electrons. The van der Waals surface area contributed by atoms with E-state index in [4.69, 9.17) is 9.47 Å². The summed E-state index contributed by atoms with van der Waals surface area (Å²) in [5.74, 6) is -1.02. The molecule has 0 bridgehead atoms. The fourth-order valence-electron chi connectivity index (χ4n) is 2.27. The van der Waals surface area contributed by atoms with E-state index in [1.165, 1.54) is 14.0 Å². The topological polar surface area (TPSA) is 64.6 Å². The summed E-state index contributed by atoms with van der Waals surface area (Å²) in [4.78, 5) is 23.3. The summed E-state index contributed by atoms with van der Waals surface area (Å²) in [5.41, 5.74) is 0.577. The van der Waals surface area contributed by atoms with Gasteiger partial charge in [0.05, 0.1) is 17.3 Å². The van der Waals surface area contributed by atoms with Crippen LogP contribution in [0.4, 0.5) is 14.5 Å². The molecule has 0 aliphatic carbocycles. The lowest BCUT2D eigenvalue weighted by molar-refractivity contribution is -0.116. The average molecular weight is 489 g/mol. The van der Waals surface area contributed by atoms with E-state index in [-0.39, 0.29) is 34.0 Å². The zero-order valence-corrected chi connectivity index (χ0v) is 16.9. The number of ketones is 1. The first-order chi connectivity index (χ1) is 12.8. The molecule has 27 heavy (non-hydrogen) atoms. The predicted octanol–water partition coefficient (Wildman–Crippen LogP) is 4.58. The van der Waals surface area contributed by atoms with Gasteiger partial charge in [0.2, 0.25) is 5.91 Å². The van der Waals surface area contributed by atoms with Crippen molar-refractivity contribution < 1.29 is 27.8 Å². The molecule has 1 amide bonds. The number of ether oxygens (including phenoxy) is 2. The second-order valence-corrected chi connectivity index (χ2v) is 6.75. The number of Topliss-reactive ketones (excluding diaryl/α,β-unsaturated/α-hetero) is 1. The van der Waals surface area contributed by atoms with E-state index >= 15 is 0 Å². The van der Waals surface area contributed by atoms with E-state index in [0.29, 0.717) is 23.5 Å². The van der Waals surface area contributed by atoms with Crippen molar-refractivity contribution in [1.29, 1.82) is 0 Å². The van der Waals surface area contributed by atoms with Gasteiger partial charge in [0.25, 0.3) is 0 Å². The first-order valence-electron chi connectivity index (χ1n) is 8.08. The second kappa shape index (κ2) is 9.63. The molecule has 2 aromatic carbocycles. The molecule has 0 saturated heterocycles. The van der Waals surface area contributed by atoms with Crippen LogP contribution in [-0.4, -0.2) is 25.4 Å². The Labute approximate surface area is 169 Å². The Morgan fingerprint density at radius 1 is 1.11 bits per heavy atom. The third kappa shape index (κ3) is 5.88. The molecule has 0 aromatic heterocycles. The smallest absolute Gasteiger partial charge is 0.224 e. The minimum absolute atomic E-state index is 0.0674. The Balaban J connectivity index is 1.84. The Bertz CT molecular complexity index is 835. The van der Waals surface area contributed by atoms with Gasteiger partial charge in [0.1, 0.15) is 11.6 Å². The molecule has 0 aliphatic heterocycles. The van der Waals surface area contributed by atoms with E-state index in [1.807, 2.05) is 0 Å². The van der Waals surface area contributed by atoms with Gasteiger partial charge in [-0.2, -0.15) is 0 Å². The van der Waals surface area contributed by atoms with Crippen molar-refractivity contribution in [2.45, 2.75) is 19.8 Å². The summed E-state index contributed by atoms with van der Waals surface area (Å²) in [7, 11) is 1.47. The maximum Gasteiger partial charge on any atom is 0.224 e. The van der Waals surface area contributed by atoms with Crippen LogP contribution >= 0.6 is 22.6 Å². The van der Waals surface area contributed by atoms with Gasteiger partial charge in [-0.25, -0.2) is 8.78 Å². The number of anilines is 1. The minimum Gasteiger partial charge on any atom is -0.493 e. The van der Waals surface area contributed by atoms with Gasteiger partial charge in [0, 0.05) is 17.7 Å². The second-order valence-electron chi connectivity index (χ2n) is 5.68. The van der Waals surface area contributed by atoms with Crippen LogP contribution in [0.1, 0.15) is 30.1 Å². The van der Waals surface area contributed by atoms with Crippen molar-refractivity contribution in [3.63, 3.8) is 0 Å². The molecular formula is C19H18F2INO4. The highest BCUT2D eigenvalue weighted by Crippen LogP contribution is 2.28. The van der Waals surface area contributed by atoms with Crippen LogP contribution in [0.15, 0.2) is 30.3 Å². The monoisotopic (exact) mass is 489 g/mol. The zero-order valence-electron chi connectivity index (χ0n) is 14.8. The lowest BCUT2D eigenvalue weighted by Crippen LogP contribution is -2.13. The van der Waals surface area contributed by atoms with Crippen LogP contribution in [-0.2, 0) is 4.79 Å². The minimum atomic E-state index is -0.727. The van der Waals surface area contributed by atoms with E-state index in [9.17, 15) is 18.4 Å². The number of methoxy groups -OCH3 is 1. The average Bonchev–Trinajstić information content (AvgIpc) is 2.63. The molecule has 0 fully saturated rings. The third-order valence-electron chi connectivity index (χ3n) is 3.64. The molecule has 0 saturated carbocycles. The number of hydrogen-bond acceptors (Lipinski definition) is 4. The summed E-state index contributed by atoms with van der Waals surface area (Å²) in [6, 6.07) is 6.99. The highest BCUT2D eigenvalue weighted by atomic mass is 127. The van der Waals surface area contributed by atoms with Crippen LogP contribution in [0.3, 0.4) is 0 Å². The fourth-order valence-corrected chi connectivity index (χ4v) is 2.58. The van der Waals surface area contributed by atoms with Crippen molar-refractivity contribution in [1.82, 2.24) is 0 Å². The summed E-state index contributed by atoms with van der Waals surface area (Å²) in [6.07, 6.45) is 0.502. The standard InChI is InChI=1S/C19H18F2INO4/c1-11(24)12-5-6-16(17(8-12)26-2)27-7-3-4-18(25)23-13-9-14(20)19(22)15(21)10-13/h5-6,8-10H,3-4,7H2,1-2H3,(H,23,25). The maximum absolute atomic E-state index is 13.5. The lowest BCUT2D eigenvalue weighted by Gasteiger charge is -2.11. The van der Waals surface area contributed by atoms with Gasteiger partial charge in [-0.3, -0.25) is 9.59 Å². The number of halogens is 3. The van der Waals surface area contributed by atoms with Crippen molar-refractivity contribution in [2.75, 3.05) is 19.0 Å². The molecule has 0 heterocycles. The SMILES string of the molecule is COc1cc(C(C)=O)ccc1OCCCC(=O)Nc1cc(F)c(I)c(F)c1. The number of amides is 1.